The van der Waals surface area contributed by atoms with E-state index in [0.717, 1.165) is 0 Å². The molecule has 1 fully saturated rings. The van der Waals surface area contributed by atoms with Gasteiger partial charge in [-0.15, -0.1) is 0 Å². The molecule has 0 radical (unpaired) electrons. The lowest BCUT2D eigenvalue weighted by molar-refractivity contribution is -0.141. The number of aliphatic hydroxyl groups is 3. The summed E-state index contributed by atoms with van der Waals surface area (Å²) in [4.78, 5) is 10.3. The van der Waals surface area contributed by atoms with Gasteiger partial charge in [-0.1, -0.05) is 0 Å². The number of ether oxygens (including phenoxy) is 1. The summed E-state index contributed by atoms with van der Waals surface area (Å²) in [6, 6.07) is 0. The Morgan fingerprint density at radius 3 is 2.53 bits per heavy atom. The molecule has 0 bridgehead atoms. The van der Waals surface area contributed by atoms with Crippen molar-refractivity contribution in [2.24, 2.45) is 0 Å². The Hall–Kier alpha value is -0.730. The molecule has 1 aliphatic heterocycles. The zero-order valence-corrected chi connectivity index (χ0v) is 8.25. The van der Waals surface area contributed by atoms with Crippen molar-refractivity contribution in [3.8, 4) is 0 Å². The van der Waals surface area contributed by atoms with Crippen molar-refractivity contribution >= 4 is 5.97 Å². The smallest absolute Gasteiger partial charge is 0.317 e. The molecule has 1 heterocycles. The summed E-state index contributed by atoms with van der Waals surface area (Å²) in [6.07, 6.45) is -3.43. The number of hydrogen-bond donors (Lipinski definition) is 5. The van der Waals surface area contributed by atoms with Gasteiger partial charge < -0.3 is 25.2 Å². The first kappa shape index (κ1) is 12.3. The third-order valence-electron chi connectivity index (χ3n) is 2.44. The predicted octanol–water partition coefficient (Wildman–Crippen LogP) is -2.51. The molecule has 1 rings (SSSR count). The van der Waals surface area contributed by atoms with Crippen LogP contribution >= 0.6 is 0 Å². The lowest BCUT2D eigenvalue weighted by Crippen LogP contribution is -2.53. The van der Waals surface area contributed by atoms with Crippen LogP contribution in [0.4, 0.5) is 0 Å². The van der Waals surface area contributed by atoms with Crippen LogP contribution in [0.3, 0.4) is 0 Å². The summed E-state index contributed by atoms with van der Waals surface area (Å²) in [7, 11) is 0. The SMILES string of the molecule is CC1(NCC(=O)O)O[C@H](CO)[C@@H](O)[C@@H]1O. The number of aliphatic hydroxyl groups excluding tert-OH is 3. The maximum atomic E-state index is 10.3. The molecule has 0 amide bonds. The second kappa shape index (κ2) is 4.42. The molecule has 88 valence electrons. The van der Waals surface area contributed by atoms with Crippen LogP contribution in [0.2, 0.25) is 0 Å². The lowest BCUT2D eigenvalue weighted by Gasteiger charge is -2.28. The zero-order chi connectivity index (χ0) is 11.6. The molecule has 0 aromatic heterocycles. The quantitative estimate of drug-likeness (QED) is 0.355. The highest BCUT2D eigenvalue weighted by Crippen LogP contribution is 2.28. The molecule has 1 saturated heterocycles. The molecule has 4 atom stereocenters. The molecule has 0 aromatic carbocycles. The summed E-state index contributed by atoms with van der Waals surface area (Å²) in [5.41, 5.74) is -1.36. The van der Waals surface area contributed by atoms with Gasteiger partial charge in [-0.2, -0.15) is 0 Å². The molecule has 1 aliphatic rings. The van der Waals surface area contributed by atoms with Crippen molar-refractivity contribution in [2.45, 2.75) is 31.0 Å². The van der Waals surface area contributed by atoms with E-state index in [0.29, 0.717) is 0 Å². The minimum absolute atomic E-state index is 0.404. The van der Waals surface area contributed by atoms with E-state index in [2.05, 4.69) is 5.32 Å². The Labute approximate surface area is 86.3 Å². The average Bonchev–Trinajstić information content (AvgIpc) is 2.41. The zero-order valence-electron chi connectivity index (χ0n) is 8.25. The van der Waals surface area contributed by atoms with Gasteiger partial charge in [0.2, 0.25) is 0 Å². The van der Waals surface area contributed by atoms with Crippen LogP contribution in [0.1, 0.15) is 6.92 Å². The van der Waals surface area contributed by atoms with Gasteiger partial charge in [0.1, 0.15) is 24.0 Å². The third-order valence-corrected chi connectivity index (χ3v) is 2.44. The van der Waals surface area contributed by atoms with Gasteiger partial charge in [0.25, 0.3) is 0 Å². The number of aliphatic carboxylic acids is 1. The largest absolute Gasteiger partial charge is 0.480 e. The van der Waals surface area contributed by atoms with Crippen molar-refractivity contribution < 1.29 is 30.0 Å². The van der Waals surface area contributed by atoms with Crippen molar-refractivity contribution in [1.29, 1.82) is 0 Å². The van der Waals surface area contributed by atoms with E-state index in [-0.39, 0.29) is 0 Å². The van der Waals surface area contributed by atoms with Crippen molar-refractivity contribution in [3.05, 3.63) is 0 Å². The van der Waals surface area contributed by atoms with E-state index in [1.165, 1.54) is 6.92 Å². The van der Waals surface area contributed by atoms with Gasteiger partial charge in [0, 0.05) is 0 Å². The first-order valence-electron chi connectivity index (χ1n) is 4.52. The predicted molar refractivity (Wildman–Crippen MR) is 48.0 cm³/mol. The van der Waals surface area contributed by atoms with Gasteiger partial charge in [-0.3, -0.25) is 10.1 Å². The number of carbonyl (C=O) groups is 1. The third kappa shape index (κ3) is 2.44. The number of carboxylic acids is 1. The van der Waals surface area contributed by atoms with E-state index < -0.39 is 43.2 Å². The monoisotopic (exact) mass is 221 g/mol. The maximum Gasteiger partial charge on any atom is 0.317 e. The number of rotatable bonds is 4. The van der Waals surface area contributed by atoms with Crippen LogP contribution < -0.4 is 5.32 Å². The van der Waals surface area contributed by atoms with Crippen molar-refractivity contribution in [3.63, 3.8) is 0 Å². The van der Waals surface area contributed by atoms with E-state index in [1.807, 2.05) is 0 Å². The fourth-order valence-electron chi connectivity index (χ4n) is 1.53. The molecule has 0 aromatic rings. The van der Waals surface area contributed by atoms with Gasteiger partial charge in [-0.05, 0) is 6.92 Å². The topological polar surface area (TPSA) is 119 Å². The first-order valence-corrected chi connectivity index (χ1v) is 4.52. The van der Waals surface area contributed by atoms with E-state index >= 15 is 0 Å². The highest BCUT2D eigenvalue weighted by atomic mass is 16.6. The normalized spacial score (nSPS) is 40.7. The first-order chi connectivity index (χ1) is 6.90. The second-order valence-corrected chi connectivity index (χ2v) is 3.63. The van der Waals surface area contributed by atoms with Crippen LogP contribution in [-0.2, 0) is 9.53 Å². The van der Waals surface area contributed by atoms with Crippen LogP contribution in [0, 0.1) is 0 Å². The second-order valence-electron chi connectivity index (χ2n) is 3.63. The minimum atomic E-state index is -1.36. The molecule has 0 aliphatic carbocycles. The molecule has 0 saturated carbocycles. The Balaban J connectivity index is 2.64. The molecule has 5 N–H and O–H groups in total. The molecule has 7 heteroatoms. The van der Waals surface area contributed by atoms with Crippen molar-refractivity contribution in [2.75, 3.05) is 13.2 Å². The molecule has 1 unspecified atom stereocenters. The fraction of sp³-hybridized carbons (Fsp3) is 0.875. The van der Waals surface area contributed by atoms with Crippen LogP contribution in [0.15, 0.2) is 0 Å². The average molecular weight is 221 g/mol. The van der Waals surface area contributed by atoms with Gasteiger partial charge in [0.15, 0.2) is 0 Å². The minimum Gasteiger partial charge on any atom is -0.480 e. The summed E-state index contributed by atoms with van der Waals surface area (Å²) in [6.45, 7) is 0.570. The van der Waals surface area contributed by atoms with E-state index in [4.69, 9.17) is 14.9 Å². The van der Waals surface area contributed by atoms with E-state index in [1.54, 1.807) is 0 Å². The Bertz CT molecular complexity index is 247. The maximum absolute atomic E-state index is 10.3. The summed E-state index contributed by atoms with van der Waals surface area (Å²) in [5, 5.41) is 38.8. The van der Waals surface area contributed by atoms with Crippen LogP contribution in [0.25, 0.3) is 0 Å². The molecular formula is C8H15NO6. The molecule has 15 heavy (non-hydrogen) atoms. The number of nitrogens with one attached hydrogen (secondary N) is 1. The molecular weight excluding hydrogens is 206 g/mol. The van der Waals surface area contributed by atoms with Gasteiger partial charge >= 0.3 is 5.97 Å². The Morgan fingerprint density at radius 2 is 2.13 bits per heavy atom. The molecule has 0 spiro atoms. The van der Waals surface area contributed by atoms with E-state index in [9.17, 15) is 15.0 Å². The Morgan fingerprint density at radius 1 is 1.53 bits per heavy atom. The molecule has 7 nitrogen and oxygen atoms in total. The highest BCUT2D eigenvalue weighted by Gasteiger charge is 2.50. The highest BCUT2D eigenvalue weighted by molar-refractivity contribution is 5.69. The van der Waals surface area contributed by atoms with Gasteiger partial charge in [-0.25, -0.2) is 0 Å². The van der Waals surface area contributed by atoms with Crippen LogP contribution in [0.5, 0.6) is 0 Å². The fourth-order valence-corrected chi connectivity index (χ4v) is 1.53. The van der Waals surface area contributed by atoms with Crippen LogP contribution in [-0.4, -0.2) is 63.6 Å². The van der Waals surface area contributed by atoms with Gasteiger partial charge in [0.05, 0.1) is 13.2 Å². The lowest BCUT2D eigenvalue weighted by atomic mass is 10.0. The van der Waals surface area contributed by atoms with Crippen molar-refractivity contribution in [1.82, 2.24) is 5.32 Å². The standard InChI is InChI=1S/C8H15NO6/c1-8(9-2-5(11)12)7(14)6(13)4(3-10)15-8/h4,6-7,9-10,13-14H,2-3H2,1H3,(H,11,12)/t4-,6-,7+,8?/m1/s1. The Kier molecular flexibility index (Phi) is 3.63. The summed E-state index contributed by atoms with van der Waals surface area (Å²) >= 11 is 0. The summed E-state index contributed by atoms with van der Waals surface area (Å²) in [5.74, 6) is -1.10. The number of carboxylic acid groups (broad SMARTS) is 1. The number of hydrogen-bond acceptors (Lipinski definition) is 6. The summed E-state index contributed by atoms with van der Waals surface area (Å²) < 4.78 is 5.15.